The Kier molecular flexibility index (Phi) is 7.20. The van der Waals surface area contributed by atoms with Crippen molar-refractivity contribution in [3.05, 3.63) is 93.5 Å². The van der Waals surface area contributed by atoms with Gasteiger partial charge in [0.2, 0.25) is 5.88 Å². The molecule has 0 aliphatic rings. The van der Waals surface area contributed by atoms with Gasteiger partial charge in [-0.1, -0.05) is 41.4 Å². The van der Waals surface area contributed by atoms with Gasteiger partial charge in [-0.25, -0.2) is 14.7 Å². The van der Waals surface area contributed by atoms with Crippen molar-refractivity contribution in [2.75, 3.05) is 5.73 Å². The number of ether oxygens (including phenoxy) is 1. The quantitative estimate of drug-likeness (QED) is 0.332. The minimum atomic E-state index is -4.30. The van der Waals surface area contributed by atoms with Crippen LogP contribution in [-0.2, 0) is 10.0 Å². The average Bonchev–Trinajstić information content (AvgIpc) is 2.81. The maximum Gasteiger partial charge on any atom is 0.281 e. The Labute approximate surface area is 220 Å². The van der Waals surface area contributed by atoms with Gasteiger partial charge in [-0.3, -0.25) is 4.79 Å². The molecule has 0 unspecified atom stereocenters. The number of nitrogen functional groups attached to an aromatic ring is 1. The summed E-state index contributed by atoms with van der Waals surface area (Å²) in [5, 5.41) is 0.204. The molecule has 2 aromatic carbocycles. The van der Waals surface area contributed by atoms with Gasteiger partial charge in [0, 0.05) is 10.6 Å². The smallest absolute Gasteiger partial charge is 0.281 e. The molecule has 0 radical (unpaired) electrons. The van der Waals surface area contributed by atoms with Crippen molar-refractivity contribution < 1.29 is 17.9 Å². The van der Waals surface area contributed by atoms with Gasteiger partial charge in [-0.2, -0.15) is 8.42 Å². The number of anilines is 1. The van der Waals surface area contributed by atoms with Gasteiger partial charge in [0.1, 0.15) is 17.1 Å². The lowest BCUT2D eigenvalue weighted by molar-refractivity contribution is 0.0978. The van der Waals surface area contributed by atoms with E-state index in [9.17, 15) is 13.2 Å². The van der Waals surface area contributed by atoms with E-state index < -0.39 is 15.9 Å². The van der Waals surface area contributed by atoms with Crippen LogP contribution in [0.4, 0.5) is 5.82 Å². The monoisotopic (exact) mass is 536 g/mol. The number of hydrogen-bond donors (Lipinski definition) is 2. The van der Waals surface area contributed by atoms with Gasteiger partial charge < -0.3 is 10.5 Å². The molecule has 0 fully saturated rings. The van der Waals surface area contributed by atoms with Gasteiger partial charge in [0.05, 0.1) is 5.69 Å². The first-order chi connectivity index (χ1) is 17.4. The van der Waals surface area contributed by atoms with Crippen molar-refractivity contribution in [2.45, 2.75) is 32.7 Å². The molecule has 0 bridgehead atoms. The Hall–Kier alpha value is -3.95. The third kappa shape index (κ3) is 5.73. The molecule has 3 N–H and O–H groups in total. The standard InChI is InChI=1S/C27H25ClN4O4S/c1-15-12-17(3)25(18(4)13-15)36-27-21(10-11-22(30-27)20-9-8-19(28)14-16(20)2)26(33)32-37(34,35)24-7-5-6-23(29)31-24/h5-14H,1-4H3,(H2,29,31)(H,32,33). The number of amides is 1. The Morgan fingerprint density at radius 1 is 0.919 bits per heavy atom. The van der Waals surface area contributed by atoms with E-state index in [1.807, 2.05) is 50.6 Å². The highest BCUT2D eigenvalue weighted by Crippen LogP contribution is 2.33. The number of halogens is 1. The first-order valence-electron chi connectivity index (χ1n) is 11.3. The zero-order valence-corrected chi connectivity index (χ0v) is 22.2. The van der Waals surface area contributed by atoms with E-state index in [1.54, 1.807) is 18.2 Å². The van der Waals surface area contributed by atoms with E-state index in [0.29, 0.717) is 16.5 Å². The maximum absolute atomic E-state index is 13.2. The molecule has 0 saturated heterocycles. The number of carbonyl (C=O) groups excluding carboxylic acids is 1. The highest BCUT2D eigenvalue weighted by molar-refractivity contribution is 7.90. The Balaban J connectivity index is 1.80. The average molecular weight is 537 g/mol. The van der Waals surface area contributed by atoms with E-state index in [2.05, 4.69) is 9.97 Å². The molecule has 1 amide bonds. The first-order valence-corrected chi connectivity index (χ1v) is 13.1. The van der Waals surface area contributed by atoms with Crippen LogP contribution in [0.5, 0.6) is 11.6 Å². The number of nitrogens with one attached hydrogen (secondary N) is 1. The zero-order valence-electron chi connectivity index (χ0n) is 20.7. The SMILES string of the molecule is Cc1cc(C)c(Oc2nc(-c3ccc(Cl)cc3C)ccc2C(=O)NS(=O)(=O)c2cccc(N)n2)c(C)c1. The van der Waals surface area contributed by atoms with E-state index in [4.69, 9.17) is 22.1 Å². The Morgan fingerprint density at radius 2 is 1.62 bits per heavy atom. The van der Waals surface area contributed by atoms with Crippen LogP contribution in [0.1, 0.15) is 32.6 Å². The van der Waals surface area contributed by atoms with Crippen LogP contribution < -0.4 is 15.2 Å². The predicted octanol–water partition coefficient (Wildman–Crippen LogP) is 5.52. The summed E-state index contributed by atoms with van der Waals surface area (Å²) >= 11 is 6.11. The number of carbonyl (C=O) groups is 1. The molecular weight excluding hydrogens is 512 g/mol. The fourth-order valence-corrected chi connectivity index (χ4v) is 5.16. The molecule has 0 aliphatic carbocycles. The van der Waals surface area contributed by atoms with E-state index in [1.165, 1.54) is 24.3 Å². The number of aromatic nitrogens is 2. The highest BCUT2D eigenvalue weighted by Gasteiger charge is 2.25. The van der Waals surface area contributed by atoms with Crippen molar-refractivity contribution in [2.24, 2.45) is 0 Å². The lowest BCUT2D eigenvalue weighted by Crippen LogP contribution is -2.31. The van der Waals surface area contributed by atoms with Crippen LogP contribution in [0.3, 0.4) is 0 Å². The van der Waals surface area contributed by atoms with Crippen LogP contribution in [0.25, 0.3) is 11.3 Å². The number of sulfonamides is 1. The molecule has 0 spiro atoms. The number of benzene rings is 2. The molecule has 37 heavy (non-hydrogen) atoms. The van der Waals surface area contributed by atoms with Gasteiger partial charge in [-0.05, 0) is 80.8 Å². The van der Waals surface area contributed by atoms with Crippen LogP contribution >= 0.6 is 11.6 Å². The summed E-state index contributed by atoms with van der Waals surface area (Å²) in [6, 6.07) is 16.5. The fraction of sp³-hybridized carbons (Fsp3) is 0.148. The Bertz CT molecular complexity index is 1610. The molecule has 0 saturated carbocycles. The van der Waals surface area contributed by atoms with Gasteiger partial charge in [0.25, 0.3) is 15.9 Å². The second-order valence-corrected chi connectivity index (χ2v) is 10.7. The third-order valence-electron chi connectivity index (χ3n) is 5.62. The Morgan fingerprint density at radius 3 is 2.27 bits per heavy atom. The molecule has 190 valence electrons. The summed E-state index contributed by atoms with van der Waals surface area (Å²) in [5.74, 6) is -0.435. The van der Waals surface area contributed by atoms with Crippen molar-refractivity contribution in [3.8, 4) is 22.9 Å². The summed E-state index contributed by atoms with van der Waals surface area (Å²) < 4.78 is 33.9. The summed E-state index contributed by atoms with van der Waals surface area (Å²) in [7, 11) is -4.30. The van der Waals surface area contributed by atoms with Gasteiger partial charge in [0.15, 0.2) is 5.03 Å². The zero-order chi connectivity index (χ0) is 26.9. The third-order valence-corrected chi connectivity index (χ3v) is 7.09. The second-order valence-electron chi connectivity index (χ2n) is 8.67. The van der Waals surface area contributed by atoms with Gasteiger partial charge >= 0.3 is 0 Å². The molecular formula is C27H25ClN4O4S. The summed E-state index contributed by atoms with van der Waals surface area (Å²) in [4.78, 5) is 21.6. The normalized spacial score (nSPS) is 11.3. The van der Waals surface area contributed by atoms with Crippen LogP contribution in [-0.4, -0.2) is 24.3 Å². The fourth-order valence-electron chi connectivity index (χ4n) is 3.99. The van der Waals surface area contributed by atoms with Gasteiger partial charge in [-0.15, -0.1) is 0 Å². The molecule has 0 aliphatic heterocycles. The number of pyridine rings is 2. The van der Waals surface area contributed by atoms with Crippen LogP contribution in [0.2, 0.25) is 5.02 Å². The molecule has 0 atom stereocenters. The molecule has 2 heterocycles. The van der Waals surface area contributed by atoms with Crippen LogP contribution in [0.15, 0.2) is 65.7 Å². The summed E-state index contributed by atoms with van der Waals surface area (Å²) in [6.07, 6.45) is 0. The predicted molar refractivity (Wildman–Crippen MR) is 143 cm³/mol. The first kappa shape index (κ1) is 26.1. The summed E-state index contributed by atoms with van der Waals surface area (Å²) in [5.41, 5.74) is 10.5. The molecule has 2 aromatic heterocycles. The largest absolute Gasteiger partial charge is 0.438 e. The molecule has 10 heteroatoms. The number of aryl methyl sites for hydroxylation is 4. The highest BCUT2D eigenvalue weighted by atomic mass is 35.5. The molecule has 4 aromatic rings. The number of nitrogens with zero attached hydrogens (tertiary/aromatic N) is 2. The van der Waals surface area contributed by atoms with E-state index in [0.717, 1.165) is 27.8 Å². The number of nitrogens with two attached hydrogens (primary N) is 1. The molecule has 8 nitrogen and oxygen atoms in total. The lowest BCUT2D eigenvalue weighted by atomic mass is 10.0. The number of hydrogen-bond acceptors (Lipinski definition) is 7. The van der Waals surface area contributed by atoms with Crippen molar-refractivity contribution in [1.29, 1.82) is 0 Å². The molecule has 4 rings (SSSR count). The minimum absolute atomic E-state index is 0.00835. The minimum Gasteiger partial charge on any atom is -0.438 e. The lowest BCUT2D eigenvalue weighted by Gasteiger charge is -2.16. The van der Waals surface area contributed by atoms with E-state index >= 15 is 0 Å². The van der Waals surface area contributed by atoms with Crippen molar-refractivity contribution in [3.63, 3.8) is 0 Å². The van der Waals surface area contributed by atoms with Crippen molar-refractivity contribution >= 4 is 33.3 Å². The topological polar surface area (TPSA) is 124 Å². The second kappa shape index (κ2) is 10.2. The number of rotatable bonds is 6. The maximum atomic E-state index is 13.2. The van der Waals surface area contributed by atoms with Crippen LogP contribution in [0, 0.1) is 27.7 Å². The van der Waals surface area contributed by atoms with E-state index in [-0.39, 0.29) is 22.3 Å². The van der Waals surface area contributed by atoms with Crippen molar-refractivity contribution in [1.82, 2.24) is 14.7 Å². The summed E-state index contributed by atoms with van der Waals surface area (Å²) in [6.45, 7) is 7.64.